The lowest BCUT2D eigenvalue weighted by atomic mass is 9.86. The van der Waals surface area contributed by atoms with E-state index in [4.69, 9.17) is 5.26 Å². The third-order valence-electron chi connectivity index (χ3n) is 3.51. The lowest BCUT2D eigenvalue weighted by Gasteiger charge is -2.32. The lowest BCUT2D eigenvalue weighted by molar-refractivity contribution is -0.348. The summed E-state index contributed by atoms with van der Waals surface area (Å²) < 4.78 is 120. The molecule has 0 saturated carbocycles. The predicted molar refractivity (Wildman–Crippen MR) is 71.4 cm³/mol. The molecule has 0 bridgehead atoms. The largest absolute Gasteiger partial charge is 0.435 e. The van der Waals surface area contributed by atoms with Crippen LogP contribution in [0, 0.1) is 23.0 Å². The van der Waals surface area contributed by atoms with E-state index in [1.165, 1.54) is 0 Å². The zero-order valence-electron chi connectivity index (χ0n) is 12.3. The Labute approximate surface area is 140 Å². The van der Waals surface area contributed by atoms with Gasteiger partial charge in [0.15, 0.2) is 0 Å². The molecule has 0 N–H and O–H groups in total. The lowest BCUT2D eigenvalue weighted by Crippen LogP contribution is -2.50. The van der Waals surface area contributed by atoms with Crippen LogP contribution in [0.4, 0.5) is 39.5 Å². The molecule has 2 aromatic rings. The fraction of sp³-hybridized carbons (Fsp3) is 0.188. The molecule has 0 spiro atoms. The van der Waals surface area contributed by atoms with Gasteiger partial charge in [-0.05, 0) is 23.8 Å². The van der Waals surface area contributed by atoms with Crippen molar-refractivity contribution in [3.8, 4) is 17.2 Å². The molecule has 10 heteroatoms. The van der Waals surface area contributed by atoms with Gasteiger partial charge in [-0.25, -0.2) is 13.2 Å². The number of hydrogen-bond donors (Lipinski definition) is 0. The molecule has 0 fully saturated rings. The zero-order chi connectivity index (χ0) is 19.9. The van der Waals surface area contributed by atoms with Gasteiger partial charge in [-0.2, -0.15) is 31.6 Å². The summed E-state index contributed by atoms with van der Waals surface area (Å²) in [5, 5.41) is 8.66. The van der Waals surface area contributed by atoms with Gasteiger partial charge in [-0.1, -0.05) is 12.1 Å². The first-order valence-electron chi connectivity index (χ1n) is 6.65. The van der Waals surface area contributed by atoms with Crippen molar-refractivity contribution in [2.75, 3.05) is 0 Å². The Morgan fingerprint density at radius 1 is 0.769 bits per heavy atom. The van der Waals surface area contributed by atoms with Crippen molar-refractivity contribution in [3.63, 3.8) is 0 Å². The second-order valence-corrected chi connectivity index (χ2v) is 5.15. The number of alkyl halides is 7. The molecule has 0 unspecified atom stereocenters. The summed E-state index contributed by atoms with van der Waals surface area (Å²) >= 11 is 0. The monoisotopic (exact) mass is 383 g/mol. The van der Waals surface area contributed by atoms with Gasteiger partial charge in [0, 0.05) is 17.2 Å². The van der Waals surface area contributed by atoms with Crippen LogP contribution in [0.1, 0.15) is 11.1 Å². The zero-order valence-corrected chi connectivity index (χ0v) is 12.3. The molecule has 0 aliphatic carbocycles. The van der Waals surface area contributed by atoms with E-state index in [0.29, 0.717) is 0 Å². The van der Waals surface area contributed by atoms with Gasteiger partial charge in [0.1, 0.15) is 11.6 Å². The average molecular weight is 383 g/mol. The number of nitrogens with zero attached hydrogens (tertiary/aromatic N) is 1. The number of benzene rings is 2. The first-order chi connectivity index (χ1) is 11.8. The number of halogens is 9. The summed E-state index contributed by atoms with van der Waals surface area (Å²) in [5.74, 6) is -3.63. The fourth-order valence-electron chi connectivity index (χ4n) is 2.32. The Morgan fingerprint density at radius 2 is 1.27 bits per heavy atom. The Kier molecular flexibility index (Phi) is 4.70. The Hall–Kier alpha value is -2.70. The summed E-state index contributed by atoms with van der Waals surface area (Å²) in [6.07, 6.45) is -13.1. The van der Waals surface area contributed by atoms with Crippen LogP contribution < -0.4 is 0 Å². The van der Waals surface area contributed by atoms with Crippen LogP contribution >= 0.6 is 0 Å². The topological polar surface area (TPSA) is 23.8 Å². The van der Waals surface area contributed by atoms with Gasteiger partial charge in [0.2, 0.25) is 0 Å². The molecule has 2 rings (SSSR count). The van der Waals surface area contributed by atoms with Gasteiger partial charge < -0.3 is 0 Å². The predicted octanol–water partition coefficient (Wildman–Crippen LogP) is 5.79. The highest BCUT2D eigenvalue weighted by atomic mass is 19.4. The Bertz CT molecular complexity index is 844. The highest BCUT2D eigenvalue weighted by molar-refractivity contribution is 5.70. The van der Waals surface area contributed by atoms with E-state index in [2.05, 4.69) is 0 Å². The molecule has 0 atom stereocenters. The van der Waals surface area contributed by atoms with Crippen molar-refractivity contribution in [2.24, 2.45) is 0 Å². The van der Waals surface area contributed by atoms with E-state index < -0.39 is 46.3 Å². The molecule has 0 heterocycles. The quantitative estimate of drug-likeness (QED) is 0.602. The Morgan fingerprint density at radius 3 is 1.69 bits per heavy atom. The van der Waals surface area contributed by atoms with Crippen molar-refractivity contribution in [1.29, 1.82) is 5.26 Å². The molecule has 0 aromatic heterocycles. The van der Waals surface area contributed by atoms with E-state index in [-0.39, 0.29) is 17.7 Å². The molecule has 138 valence electrons. The van der Waals surface area contributed by atoms with Crippen LogP contribution in [0.3, 0.4) is 0 Å². The molecule has 26 heavy (non-hydrogen) atoms. The second kappa shape index (κ2) is 6.23. The molecule has 0 radical (unpaired) electrons. The highest BCUT2D eigenvalue weighted by Crippen LogP contribution is 2.55. The van der Waals surface area contributed by atoms with Gasteiger partial charge in [0.05, 0.1) is 11.6 Å². The van der Waals surface area contributed by atoms with Crippen molar-refractivity contribution < 1.29 is 39.5 Å². The van der Waals surface area contributed by atoms with E-state index in [0.717, 1.165) is 24.3 Å². The molecule has 0 saturated heterocycles. The molecule has 0 aliphatic rings. The molecular weight excluding hydrogens is 377 g/mol. The minimum Gasteiger partial charge on any atom is -0.218 e. The molecule has 0 aliphatic heterocycles. The molecule has 1 nitrogen and oxygen atoms in total. The normalized spacial score (nSPS) is 12.8. The van der Waals surface area contributed by atoms with E-state index in [9.17, 15) is 39.5 Å². The van der Waals surface area contributed by atoms with Gasteiger partial charge >= 0.3 is 18.0 Å². The van der Waals surface area contributed by atoms with Crippen LogP contribution in [0.2, 0.25) is 0 Å². The Balaban J connectivity index is 2.90. The fourth-order valence-corrected chi connectivity index (χ4v) is 2.32. The number of nitriles is 1. The maximum atomic E-state index is 14.4. The highest BCUT2D eigenvalue weighted by Gasteiger charge is 2.74. The van der Waals surface area contributed by atoms with Gasteiger partial charge in [-0.3, -0.25) is 0 Å². The first kappa shape index (κ1) is 19.6. The van der Waals surface area contributed by atoms with Crippen LogP contribution in [0.25, 0.3) is 11.1 Å². The van der Waals surface area contributed by atoms with E-state index in [1.807, 2.05) is 0 Å². The van der Waals surface area contributed by atoms with Crippen LogP contribution in [0.5, 0.6) is 0 Å². The van der Waals surface area contributed by atoms with Crippen molar-refractivity contribution in [1.82, 2.24) is 0 Å². The van der Waals surface area contributed by atoms with E-state index >= 15 is 0 Å². The van der Waals surface area contributed by atoms with Crippen molar-refractivity contribution >= 4 is 0 Å². The maximum absolute atomic E-state index is 14.4. The third-order valence-corrected chi connectivity index (χ3v) is 3.51. The first-order valence-corrected chi connectivity index (χ1v) is 6.65. The van der Waals surface area contributed by atoms with Crippen LogP contribution in [-0.4, -0.2) is 12.4 Å². The standard InChI is InChI=1S/C16H6F9N/c17-10-5-11(14(19,15(20,21)22)16(23,24)25)13(12(18)6-10)9-3-1-8(7-26)2-4-9/h1-6H. The number of rotatable bonds is 2. The second-order valence-electron chi connectivity index (χ2n) is 5.15. The molecule has 2 aromatic carbocycles. The minimum atomic E-state index is -6.53. The van der Waals surface area contributed by atoms with Crippen LogP contribution in [0.15, 0.2) is 36.4 Å². The maximum Gasteiger partial charge on any atom is 0.435 e. The minimum absolute atomic E-state index is 0.0315. The van der Waals surface area contributed by atoms with Crippen molar-refractivity contribution in [2.45, 2.75) is 18.0 Å². The number of hydrogen-bond acceptors (Lipinski definition) is 1. The summed E-state index contributed by atoms with van der Waals surface area (Å²) in [5.41, 5.74) is -10.3. The summed E-state index contributed by atoms with van der Waals surface area (Å²) in [7, 11) is 0. The average Bonchev–Trinajstić information content (AvgIpc) is 2.51. The SMILES string of the molecule is N#Cc1ccc(-c2c(F)cc(F)cc2C(F)(C(F)(F)F)C(F)(F)F)cc1. The summed E-state index contributed by atoms with van der Waals surface area (Å²) in [6.45, 7) is 0. The summed E-state index contributed by atoms with van der Waals surface area (Å²) in [4.78, 5) is 0. The molecular formula is C16H6F9N. The third kappa shape index (κ3) is 3.09. The smallest absolute Gasteiger partial charge is 0.218 e. The van der Waals surface area contributed by atoms with Gasteiger partial charge in [-0.15, -0.1) is 0 Å². The molecule has 0 amide bonds. The van der Waals surface area contributed by atoms with Crippen molar-refractivity contribution in [3.05, 3.63) is 59.2 Å². The van der Waals surface area contributed by atoms with E-state index in [1.54, 1.807) is 6.07 Å². The van der Waals surface area contributed by atoms with Crippen LogP contribution in [-0.2, 0) is 5.67 Å². The summed E-state index contributed by atoms with van der Waals surface area (Å²) in [6, 6.07) is 4.92. The van der Waals surface area contributed by atoms with Gasteiger partial charge in [0.25, 0.3) is 0 Å².